The highest BCUT2D eigenvalue weighted by molar-refractivity contribution is 7.80. The molecule has 0 amide bonds. The van der Waals surface area contributed by atoms with Gasteiger partial charge in [0.15, 0.2) is 5.11 Å². The molecule has 0 aliphatic heterocycles. The van der Waals surface area contributed by atoms with Gasteiger partial charge < -0.3 is 10.1 Å². The minimum atomic E-state index is -0.455. The average molecular weight is 296 g/mol. The zero-order valence-electron chi connectivity index (χ0n) is 11.2. The Hall–Kier alpha value is -2.06. The second-order valence-corrected chi connectivity index (χ2v) is 4.46. The summed E-state index contributed by atoms with van der Waals surface area (Å²) in [6.45, 7) is 2.44. The van der Waals surface area contributed by atoms with Crippen LogP contribution in [0, 0.1) is 10.1 Å². The lowest BCUT2D eigenvalue weighted by Crippen LogP contribution is -2.40. The SMILES string of the molecule is COC[C@H](C)NC(=S)N/N=C\c1cccc([N+](=O)[O-])c1. The quantitative estimate of drug-likeness (QED) is 0.357. The van der Waals surface area contributed by atoms with Crippen molar-refractivity contribution in [2.24, 2.45) is 5.10 Å². The number of hydrazone groups is 1. The van der Waals surface area contributed by atoms with Crippen molar-refractivity contribution in [2.45, 2.75) is 13.0 Å². The highest BCUT2D eigenvalue weighted by Crippen LogP contribution is 2.11. The maximum absolute atomic E-state index is 10.6. The number of thiocarbonyl (C=S) groups is 1. The summed E-state index contributed by atoms with van der Waals surface area (Å²) in [4.78, 5) is 10.2. The molecule has 0 aliphatic carbocycles. The Balaban J connectivity index is 2.50. The molecule has 2 N–H and O–H groups in total. The number of non-ortho nitro benzene ring substituents is 1. The molecule has 0 fully saturated rings. The van der Waals surface area contributed by atoms with E-state index < -0.39 is 4.92 Å². The van der Waals surface area contributed by atoms with Crippen molar-refractivity contribution in [3.63, 3.8) is 0 Å². The van der Waals surface area contributed by atoms with Crippen LogP contribution in [-0.4, -0.2) is 36.0 Å². The number of ether oxygens (including phenoxy) is 1. The molecule has 0 saturated carbocycles. The fourth-order valence-electron chi connectivity index (χ4n) is 1.43. The minimum absolute atomic E-state index is 0.0170. The molecule has 7 nitrogen and oxygen atoms in total. The summed E-state index contributed by atoms with van der Waals surface area (Å²) in [5.74, 6) is 0. The number of nitrogens with one attached hydrogen (secondary N) is 2. The van der Waals surface area contributed by atoms with Crippen LogP contribution in [0.15, 0.2) is 29.4 Å². The maximum Gasteiger partial charge on any atom is 0.270 e. The number of methoxy groups -OCH3 is 1. The Morgan fingerprint density at radius 1 is 1.65 bits per heavy atom. The number of nitro benzene ring substituents is 1. The summed E-state index contributed by atoms with van der Waals surface area (Å²) >= 11 is 5.03. The van der Waals surface area contributed by atoms with Gasteiger partial charge in [-0.3, -0.25) is 15.5 Å². The third-order valence-electron chi connectivity index (χ3n) is 2.25. The predicted octanol–water partition coefficient (Wildman–Crippen LogP) is 1.43. The predicted molar refractivity (Wildman–Crippen MR) is 80.9 cm³/mol. The van der Waals surface area contributed by atoms with Gasteiger partial charge in [-0.15, -0.1) is 0 Å². The first kappa shape index (κ1) is 16.0. The minimum Gasteiger partial charge on any atom is -0.383 e. The Labute approximate surface area is 122 Å². The summed E-state index contributed by atoms with van der Waals surface area (Å²) in [6.07, 6.45) is 1.46. The van der Waals surface area contributed by atoms with E-state index in [9.17, 15) is 10.1 Å². The highest BCUT2D eigenvalue weighted by Gasteiger charge is 2.04. The molecule has 0 spiro atoms. The van der Waals surface area contributed by atoms with Gasteiger partial charge in [0.05, 0.1) is 17.7 Å². The summed E-state index contributed by atoms with van der Waals surface area (Å²) in [5.41, 5.74) is 3.26. The zero-order chi connectivity index (χ0) is 15.0. The third-order valence-corrected chi connectivity index (χ3v) is 2.46. The van der Waals surface area contributed by atoms with Crippen LogP contribution in [0.1, 0.15) is 12.5 Å². The van der Waals surface area contributed by atoms with Gasteiger partial charge in [0.25, 0.3) is 5.69 Å². The monoisotopic (exact) mass is 296 g/mol. The molecule has 0 aliphatic rings. The van der Waals surface area contributed by atoms with E-state index in [1.54, 1.807) is 19.2 Å². The molecular weight excluding hydrogens is 280 g/mol. The molecule has 8 heteroatoms. The van der Waals surface area contributed by atoms with Crippen molar-refractivity contribution in [3.8, 4) is 0 Å². The van der Waals surface area contributed by atoms with Gasteiger partial charge in [0, 0.05) is 30.8 Å². The number of hydrogen-bond acceptors (Lipinski definition) is 5. The summed E-state index contributed by atoms with van der Waals surface area (Å²) in [7, 11) is 1.61. The highest BCUT2D eigenvalue weighted by atomic mass is 32.1. The Bertz CT molecular complexity index is 507. The summed E-state index contributed by atoms with van der Waals surface area (Å²) in [5, 5.41) is 17.9. The van der Waals surface area contributed by atoms with Gasteiger partial charge in [-0.05, 0) is 19.1 Å². The number of nitrogens with zero attached hydrogens (tertiary/aromatic N) is 2. The second kappa shape index (κ2) is 8.18. The third kappa shape index (κ3) is 5.72. The van der Waals surface area contributed by atoms with Crippen LogP contribution in [0.5, 0.6) is 0 Å². The molecule has 1 atom stereocenters. The van der Waals surface area contributed by atoms with Crippen LogP contribution in [0.3, 0.4) is 0 Å². The van der Waals surface area contributed by atoms with Crippen molar-refractivity contribution in [1.29, 1.82) is 0 Å². The van der Waals surface area contributed by atoms with Gasteiger partial charge in [-0.25, -0.2) is 0 Å². The molecular formula is C12H16N4O3S. The standard InChI is InChI=1S/C12H16N4O3S/c1-9(8-19-2)14-12(20)15-13-7-10-4-3-5-11(6-10)16(17)18/h3-7,9H,8H2,1-2H3,(H2,14,15,20)/b13-7-/t9-/m0/s1. The van der Waals surface area contributed by atoms with Gasteiger partial charge in [-0.2, -0.15) is 5.10 Å². The lowest BCUT2D eigenvalue weighted by atomic mass is 10.2. The maximum atomic E-state index is 10.6. The van der Waals surface area contributed by atoms with Crippen molar-refractivity contribution in [1.82, 2.24) is 10.7 Å². The molecule has 0 heterocycles. The molecule has 0 radical (unpaired) electrons. The summed E-state index contributed by atoms with van der Waals surface area (Å²) < 4.78 is 4.96. The van der Waals surface area contributed by atoms with E-state index in [1.807, 2.05) is 6.92 Å². The van der Waals surface area contributed by atoms with Crippen molar-refractivity contribution < 1.29 is 9.66 Å². The normalized spacial score (nSPS) is 12.1. The molecule has 0 saturated heterocycles. The molecule has 0 aromatic heterocycles. The number of rotatable bonds is 6. The van der Waals surface area contributed by atoms with Crippen molar-refractivity contribution in [3.05, 3.63) is 39.9 Å². The zero-order valence-corrected chi connectivity index (χ0v) is 12.0. The van der Waals surface area contributed by atoms with Crippen LogP contribution >= 0.6 is 12.2 Å². The van der Waals surface area contributed by atoms with E-state index in [4.69, 9.17) is 17.0 Å². The largest absolute Gasteiger partial charge is 0.383 e. The first-order chi connectivity index (χ1) is 9.52. The van der Waals surface area contributed by atoms with Crippen LogP contribution in [0.4, 0.5) is 5.69 Å². The van der Waals surface area contributed by atoms with E-state index in [1.165, 1.54) is 18.3 Å². The van der Waals surface area contributed by atoms with Crippen LogP contribution in [0.2, 0.25) is 0 Å². The molecule has 108 valence electrons. The van der Waals surface area contributed by atoms with E-state index in [0.29, 0.717) is 17.3 Å². The van der Waals surface area contributed by atoms with Gasteiger partial charge >= 0.3 is 0 Å². The molecule has 1 aromatic carbocycles. The average Bonchev–Trinajstić information content (AvgIpc) is 2.39. The Morgan fingerprint density at radius 3 is 3.05 bits per heavy atom. The molecule has 0 bridgehead atoms. The lowest BCUT2D eigenvalue weighted by molar-refractivity contribution is -0.384. The topological polar surface area (TPSA) is 88.8 Å². The van der Waals surface area contributed by atoms with Gasteiger partial charge in [-0.1, -0.05) is 12.1 Å². The van der Waals surface area contributed by atoms with E-state index in [0.717, 1.165) is 0 Å². The first-order valence-electron chi connectivity index (χ1n) is 5.86. The fraction of sp³-hybridized carbons (Fsp3) is 0.333. The summed E-state index contributed by atoms with van der Waals surface area (Å²) in [6, 6.07) is 6.21. The second-order valence-electron chi connectivity index (χ2n) is 4.05. The number of nitro groups is 1. The van der Waals surface area contributed by atoms with Crippen molar-refractivity contribution >= 4 is 29.2 Å². The molecule has 1 aromatic rings. The molecule has 0 unspecified atom stereocenters. The fourth-order valence-corrected chi connectivity index (χ4v) is 1.69. The van der Waals surface area contributed by atoms with Gasteiger partial charge in [0.1, 0.15) is 0 Å². The van der Waals surface area contributed by atoms with Crippen LogP contribution < -0.4 is 10.7 Å². The Morgan fingerprint density at radius 2 is 2.40 bits per heavy atom. The number of hydrogen-bond donors (Lipinski definition) is 2. The number of benzene rings is 1. The van der Waals surface area contributed by atoms with E-state index >= 15 is 0 Å². The Kier molecular flexibility index (Phi) is 6.54. The first-order valence-corrected chi connectivity index (χ1v) is 6.26. The van der Waals surface area contributed by atoms with Crippen LogP contribution in [0.25, 0.3) is 0 Å². The van der Waals surface area contributed by atoms with E-state index in [-0.39, 0.29) is 11.7 Å². The van der Waals surface area contributed by atoms with Crippen LogP contribution in [-0.2, 0) is 4.74 Å². The molecule has 1 rings (SSSR count). The smallest absolute Gasteiger partial charge is 0.270 e. The van der Waals surface area contributed by atoms with Crippen molar-refractivity contribution in [2.75, 3.05) is 13.7 Å². The lowest BCUT2D eigenvalue weighted by Gasteiger charge is -2.13. The molecule has 20 heavy (non-hydrogen) atoms. The van der Waals surface area contributed by atoms with E-state index in [2.05, 4.69) is 15.8 Å². The van der Waals surface area contributed by atoms with Gasteiger partial charge in [0.2, 0.25) is 0 Å².